The molecule has 2 fully saturated rings. The molecule has 0 saturated heterocycles. The lowest BCUT2D eigenvalue weighted by molar-refractivity contribution is -0.132. The lowest BCUT2D eigenvalue weighted by Gasteiger charge is -2.34. The average molecular weight is 248 g/mol. The summed E-state index contributed by atoms with van der Waals surface area (Å²) in [4.78, 5) is 12.6. The van der Waals surface area contributed by atoms with Crippen molar-refractivity contribution in [1.29, 1.82) is 0 Å². The van der Waals surface area contributed by atoms with E-state index in [1.807, 2.05) is 0 Å². The minimum atomic E-state index is -0.748. The van der Waals surface area contributed by atoms with Gasteiger partial charge in [0.05, 0.1) is 12.0 Å². The van der Waals surface area contributed by atoms with Crippen LogP contribution in [0.15, 0.2) is 23.5 Å². The Labute approximate surface area is 107 Å². The first-order valence-electron chi connectivity index (χ1n) is 6.86. The summed E-state index contributed by atoms with van der Waals surface area (Å²) in [5.41, 5.74) is 0.470. The van der Waals surface area contributed by atoms with E-state index in [2.05, 4.69) is 6.92 Å². The number of ketones is 1. The monoisotopic (exact) mass is 248 g/mol. The second-order valence-corrected chi connectivity index (χ2v) is 6.24. The van der Waals surface area contributed by atoms with Crippen molar-refractivity contribution in [3.63, 3.8) is 0 Å². The first-order valence-corrected chi connectivity index (χ1v) is 6.86. The first kappa shape index (κ1) is 12.0. The summed E-state index contributed by atoms with van der Waals surface area (Å²) >= 11 is 0. The summed E-state index contributed by atoms with van der Waals surface area (Å²) in [6.07, 6.45) is 6.95. The predicted molar refractivity (Wildman–Crippen MR) is 68.0 cm³/mol. The molecule has 0 aromatic rings. The maximum Gasteiger partial charge on any atom is 0.149 e. The number of fused-ring (bicyclic) bond motifs is 1. The third-order valence-electron chi connectivity index (χ3n) is 5.06. The fraction of sp³-hybridized carbons (Fsp3) is 0.667. The third-order valence-corrected chi connectivity index (χ3v) is 5.06. The Morgan fingerprint density at radius 3 is 2.61 bits per heavy atom. The van der Waals surface area contributed by atoms with Crippen LogP contribution in [-0.2, 0) is 4.79 Å². The van der Waals surface area contributed by atoms with Gasteiger partial charge in [0.25, 0.3) is 0 Å². The highest BCUT2D eigenvalue weighted by atomic mass is 16.3. The van der Waals surface area contributed by atoms with Crippen molar-refractivity contribution in [2.45, 2.75) is 45.1 Å². The van der Waals surface area contributed by atoms with E-state index >= 15 is 0 Å². The molecular formula is C15H20O3. The van der Waals surface area contributed by atoms with Crippen molar-refractivity contribution >= 4 is 5.78 Å². The van der Waals surface area contributed by atoms with Crippen LogP contribution >= 0.6 is 0 Å². The second-order valence-electron chi connectivity index (χ2n) is 6.24. The molecule has 0 radical (unpaired) electrons. The van der Waals surface area contributed by atoms with Gasteiger partial charge in [0.1, 0.15) is 11.5 Å². The van der Waals surface area contributed by atoms with Crippen LogP contribution in [0.4, 0.5) is 0 Å². The third kappa shape index (κ3) is 1.57. The number of aliphatic hydroxyl groups is 2. The minimum absolute atomic E-state index is 0.160. The van der Waals surface area contributed by atoms with Gasteiger partial charge in [-0.1, -0.05) is 13.0 Å². The van der Waals surface area contributed by atoms with Gasteiger partial charge in [0.15, 0.2) is 0 Å². The Balaban J connectivity index is 1.94. The molecule has 1 spiro atoms. The lowest BCUT2D eigenvalue weighted by Crippen LogP contribution is -2.36. The van der Waals surface area contributed by atoms with Crippen LogP contribution < -0.4 is 0 Å². The van der Waals surface area contributed by atoms with E-state index in [1.54, 1.807) is 0 Å². The number of hydrogen-bond acceptors (Lipinski definition) is 3. The number of rotatable bonds is 0. The number of carbonyl (C=O) groups excluding carboxylic acids is 1. The zero-order valence-electron chi connectivity index (χ0n) is 10.7. The van der Waals surface area contributed by atoms with Crippen molar-refractivity contribution < 1.29 is 15.0 Å². The molecule has 3 heteroatoms. The Hall–Kier alpha value is -1.09. The van der Waals surface area contributed by atoms with Crippen LogP contribution in [0.2, 0.25) is 0 Å². The van der Waals surface area contributed by atoms with Gasteiger partial charge >= 0.3 is 0 Å². The molecule has 0 aliphatic heterocycles. The van der Waals surface area contributed by atoms with Gasteiger partial charge in [-0.3, -0.25) is 4.79 Å². The van der Waals surface area contributed by atoms with E-state index in [4.69, 9.17) is 0 Å². The topological polar surface area (TPSA) is 57.5 Å². The molecular weight excluding hydrogens is 228 g/mol. The molecule has 0 aromatic heterocycles. The SMILES string of the molecule is CC1CCC2(CC1)CC1=C(O)C=CC(O)C1C2=O. The molecule has 3 aliphatic carbocycles. The Morgan fingerprint density at radius 1 is 1.33 bits per heavy atom. The highest BCUT2D eigenvalue weighted by Gasteiger charge is 2.54. The van der Waals surface area contributed by atoms with Crippen molar-refractivity contribution in [3.05, 3.63) is 23.5 Å². The van der Waals surface area contributed by atoms with Gasteiger partial charge in [0, 0.05) is 5.41 Å². The molecule has 0 heterocycles. The zero-order valence-corrected chi connectivity index (χ0v) is 10.7. The van der Waals surface area contributed by atoms with Crippen LogP contribution in [0.5, 0.6) is 0 Å². The number of Topliss-reactive ketones (excluding diaryl/α,β-unsaturated/α-hetero) is 1. The maximum atomic E-state index is 12.6. The summed E-state index contributed by atoms with van der Waals surface area (Å²) in [7, 11) is 0. The summed E-state index contributed by atoms with van der Waals surface area (Å²) < 4.78 is 0. The molecule has 3 rings (SSSR count). The van der Waals surface area contributed by atoms with E-state index < -0.39 is 12.0 Å². The minimum Gasteiger partial charge on any atom is -0.508 e. The summed E-state index contributed by atoms with van der Waals surface area (Å²) in [6, 6.07) is 0. The summed E-state index contributed by atoms with van der Waals surface area (Å²) in [6.45, 7) is 2.23. The average Bonchev–Trinajstić information content (AvgIpc) is 2.64. The zero-order chi connectivity index (χ0) is 12.9. The van der Waals surface area contributed by atoms with E-state index in [0.29, 0.717) is 12.3 Å². The highest BCUT2D eigenvalue weighted by Crippen LogP contribution is 2.54. The smallest absolute Gasteiger partial charge is 0.149 e. The Morgan fingerprint density at radius 2 is 2.00 bits per heavy atom. The van der Waals surface area contributed by atoms with Crippen molar-refractivity contribution in [1.82, 2.24) is 0 Å². The van der Waals surface area contributed by atoms with Crippen LogP contribution in [-0.4, -0.2) is 22.1 Å². The second kappa shape index (κ2) is 3.95. The van der Waals surface area contributed by atoms with Crippen molar-refractivity contribution in [3.8, 4) is 0 Å². The molecule has 3 nitrogen and oxygen atoms in total. The molecule has 2 atom stereocenters. The van der Waals surface area contributed by atoms with Crippen molar-refractivity contribution in [2.24, 2.45) is 17.3 Å². The Kier molecular flexibility index (Phi) is 2.63. The van der Waals surface area contributed by atoms with Gasteiger partial charge < -0.3 is 10.2 Å². The largest absolute Gasteiger partial charge is 0.508 e. The van der Waals surface area contributed by atoms with E-state index in [9.17, 15) is 15.0 Å². The molecule has 2 saturated carbocycles. The van der Waals surface area contributed by atoms with E-state index in [0.717, 1.165) is 31.3 Å². The molecule has 3 aliphatic rings. The lowest BCUT2D eigenvalue weighted by atomic mass is 9.68. The standard InChI is InChI=1S/C15H20O3/c1-9-4-6-15(7-5-9)8-10-11(16)2-3-12(17)13(10)14(15)18/h2-3,9,12-13,16-17H,4-8H2,1H3. The summed E-state index contributed by atoms with van der Waals surface area (Å²) in [5.74, 6) is 0.571. The van der Waals surface area contributed by atoms with Crippen LogP contribution in [0.3, 0.4) is 0 Å². The fourth-order valence-electron chi connectivity index (χ4n) is 3.81. The predicted octanol–water partition coefficient (Wildman–Crippen LogP) is 2.51. The highest BCUT2D eigenvalue weighted by molar-refractivity contribution is 5.94. The molecule has 0 bridgehead atoms. The maximum absolute atomic E-state index is 12.6. The van der Waals surface area contributed by atoms with Gasteiger partial charge in [-0.25, -0.2) is 0 Å². The van der Waals surface area contributed by atoms with Gasteiger partial charge in [-0.05, 0) is 49.7 Å². The molecule has 18 heavy (non-hydrogen) atoms. The first-order chi connectivity index (χ1) is 8.53. The molecule has 0 amide bonds. The van der Waals surface area contributed by atoms with Gasteiger partial charge in [-0.2, -0.15) is 0 Å². The number of allylic oxidation sites excluding steroid dienone is 1. The molecule has 2 unspecified atom stereocenters. The van der Waals surface area contributed by atoms with Crippen LogP contribution in [0.25, 0.3) is 0 Å². The number of hydrogen-bond donors (Lipinski definition) is 2. The number of aliphatic hydroxyl groups excluding tert-OH is 2. The number of carbonyl (C=O) groups is 1. The van der Waals surface area contributed by atoms with Crippen LogP contribution in [0, 0.1) is 17.3 Å². The Bertz CT molecular complexity index is 439. The quantitative estimate of drug-likeness (QED) is 0.692. The van der Waals surface area contributed by atoms with Crippen molar-refractivity contribution in [2.75, 3.05) is 0 Å². The van der Waals surface area contributed by atoms with E-state index in [-0.39, 0.29) is 17.0 Å². The van der Waals surface area contributed by atoms with E-state index in [1.165, 1.54) is 12.2 Å². The van der Waals surface area contributed by atoms with Crippen LogP contribution in [0.1, 0.15) is 39.0 Å². The summed E-state index contributed by atoms with van der Waals surface area (Å²) in [5, 5.41) is 19.9. The molecule has 0 aromatic carbocycles. The normalized spacial score (nSPS) is 43.7. The van der Waals surface area contributed by atoms with Gasteiger partial charge in [-0.15, -0.1) is 0 Å². The molecule has 2 N–H and O–H groups in total. The molecule has 98 valence electrons. The fourth-order valence-corrected chi connectivity index (χ4v) is 3.81. The van der Waals surface area contributed by atoms with Gasteiger partial charge in [0.2, 0.25) is 0 Å².